The van der Waals surface area contributed by atoms with Crippen molar-refractivity contribution in [2.45, 2.75) is 32.7 Å². The van der Waals surface area contributed by atoms with Gasteiger partial charge in [0.25, 0.3) is 0 Å². The number of carbonyl (C=O) groups is 1. The Hall–Kier alpha value is -2.16. The van der Waals surface area contributed by atoms with Crippen LogP contribution in [0.5, 0.6) is 0 Å². The summed E-state index contributed by atoms with van der Waals surface area (Å²) in [4.78, 5) is 16.2. The highest BCUT2D eigenvalue weighted by Gasteiger charge is 2.22. The van der Waals surface area contributed by atoms with Gasteiger partial charge in [0.05, 0.1) is 12.0 Å². The van der Waals surface area contributed by atoms with Crippen LogP contribution in [0.3, 0.4) is 0 Å². The summed E-state index contributed by atoms with van der Waals surface area (Å²) in [6, 6.07) is 11.8. The number of hydrogen-bond acceptors (Lipinski definition) is 2. The minimum absolute atomic E-state index is 0.0288. The van der Waals surface area contributed by atoms with Crippen LogP contribution < -0.4 is 5.32 Å². The van der Waals surface area contributed by atoms with Crippen LogP contribution in [-0.2, 0) is 16.8 Å². The molecule has 0 radical (unpaired) electrons. The van der Waals surface area contributed by atoms with E-state index in [1.807, 2.05) is 57.2 Å². The molecule has 0 saturated heterocycles. The standard InChI is InChI=1S/C17H20N2O/c1-13-6-4-5-7-14(13)12-16(20)19-17(2,3)15-8-10-18-11-9-15/h4-11H,12H2,1-3H3,(H,19,20). The van der Waals surface area contributed by atoms with Crippen LogP contribution in [0.4, 0.5) is 0 Å². The fraction of sp³-hybridized carbons (Fsp3) is 0.294. The van der Waals surface area contributed by atoms with E-state index in [9.17, 15) is 4.79 Å². The van der Waals surface area contributed by atoms with Crippen molar-refractivity contribution in [1.29, 1.82) is 0 Å². The molecule has 0 aliphatic heterocycles. The fourth-order valence-corrected chi connectivity index (χ4v) is 2.21. The Morgan fingerprint density at radius 2 is 1.80 bits per heavy atom. The van der Waals surface area contributed by atoms with Gasteiger partial charge in [0.2, 0.25) is 5.91 Å². The normalized spacial score (nSPS) is 11.2. The summed E-state index contributed by atoms with van der Waals surface area (Å²) in [5, 5.41) is 3.08. The molecule has 0 atom stereocenters. The Labute approximate surface area is 120 Å². The van der Waals surface area contributed by atoms with Crippen LogP contribution in [0, 0.1) is 6.92 Å². The Bertz CT molecular complexity index is 591. The zero-order chi connectivity index (χ0) is 14.6. The number of pyridine rings is 1. The lowest BCUT2D eigenvalue weighted by Crippen LogP contribution is -2.41. The second-order valence-electron chi connectivity index (χ2n) is 5.51. The van der Waals surface area contributed by atoms with Crippen LogP contribution in [0.15, 0.2) is 48.8 Å². The van der Waals surface area contributed by atoms with E-state index >= 15 is 0 Å². The SMILES string of the molecule is Cc1ccccc1CC(=O)NC(C)(C)c1ccncc1. The summed E-state index contributed by atoms with van der Waals surface area (Å²) in [6.45, 7) is 6.02. The zero-order valence-electron chi connectivity index (χ0n) is 12.2. The van der Waals surface area contributed by atoms with Gasteiger partial charge in [0.1, 0.15) is 0 Å². The monoisotopic (exact) mass is 268 g/mol. The molecule has 20 heavy (non-hydrogen) atoms. The highest BCUT2D eigenvalue weighted by Crippen LogP contribution is 2.19. The molecule has 1 N–H and O–H groups in total. The molecule has 0 unspecified atom stereocenters. The predicted molar refractivity (Wildman–Crippen MR) is 80.3 cm³/mol. The van der Waals surface area contributed by atoms with Gasteiger partial charge in [-0.1, -0.05) is 24.3 Å². The topological polar surface area (TPSA) is 42.0 Å². The predicted octanol–water partition coefficient (Wildman–Crippen LogP) is 2.98. The van der Waals surface area contributed by atoms with Crippen molar-refractivity contribution >= 4 is 5.91 Å². The molecule has 0 aliphatic rings. The first-order valence-electron chi connectivity index (χ1n) is 6.75. The quantitative estimate of drug-likeness (QED) is 0.926. The maximum absolute atomic E-state index is 12.2. The fourth-order valence-electron chi connectivity index (χ4n) is 2.21. The van der Waals surface area contributed by atoms with Crippen molar-refractivity contribution in [3.05, 3.63) is 65.5 Å². The van der Waals surface area contributed by atoms with E-state index < -0.39 is 5.54 Å². The molecule has 1 aromatic heterocycles. The number of nitrogens with one attached hydrogen (secondary N) is 1. The number of amides is 1. The molecule has 0 aliphatic carbocycles. The third-order valence-corrected chi connectivity index (χ3v) is 3.47. The molecule has 1 amide bonds. The summed E-state index contributed by atoms with van der Waals surface area (Å²) in [5.41, 5.74) is 2.86. The summed E-state index contributed by atoms with van der Waals surface area (Å²) < 4.78 is 0. The van der Waals surface area contributed by atoms with Crippen molar-refractivity contribution in [1.82, 2.24) is 10.3 Å². The number of rotatable bonds is 4. The molecule has 0 spiro atoms. The minimum Gasteiger partial charge on any atom is -0.347 e. The van der Waals surface area contributed by atoms with Gasteiger partial charge < -0.3 is 5.32 Å². The summed E-state index contributed by atoms with van der Waals surface area (Å²) in [6.07, 6.45) is 3.89. The summed E-state index contributed by atoms with van der Waals surface area (Å²) >= 11 is 0. The lowest BCUT2D eigenvalue weighted by molar-refractivity contribution is -0.122. The van der Waals surface area contributed by atoms with Crippen LogP contribution in [-0.4, -0.2) is 10.9 Å². The molecular weight excluding hydrogens is 248 g/mol. The first-order valence-corrected chi connectivity index (χ1v) is 6.75. The van der Waals surface area contributed by atoms with Crippen molar-refractivity contribution < 1.29 is 4.79 Å². The van der Waals surface area contributed by atoms with Gasteiger partial charge >= 0.3 is 0 Å². The lowest BCUT2D eigenvalue weighted by atomic mass is 9.94. The van der Waals surface area contributed by atoms with Gasteiger partial charge in [-0.05, 0) is 49.6 Å². The van der Waals surface area contributed by atoms with Gasteiger partial charge in [-0.3, -0.25) is 9.78 Å². The van der Waals surface area contributed by atoms with Gasteiger partial charge in [-0.25, -0.2) is 0 Å². The van der Waals surface area contributed by atoms with E-state index in [0.717, 1.165) is 16.7 Å². The maximum atomic E-state index is 12.2. The van der Waals surface area contributed by atoms with Gasteiger partial charge in [-0.2, -0.15) is 0 Å². The molecule has 0 saturated carbocycles. The molecular formula is C17H20N2O. The van der Waals surface area contributed by atoms with Crippen molar-refractivity contribution in [2.75, 3.05) is 0 Å². The van der Waals surface area contributed by atoms with Gasteiger partial charge in [0, 0.05) is 12.4 Å². The van der Waals surface area contributed by atoms with E-state index in [1.54, 1.807) is 12.4 Å². The summed E-state index contributed by atoms with van der Waals surface area (Å²) in [5.74, 6) is 0.0288. The van der Waals surface area contributed by atoms with Crippen molar-refractivity contribution in [2.24, 2.45) is 0 Å². The molecule has 0 fully saturated rings. The smallest absolute Gasteiger partial charge is 0.225 e. The average molecular weight is 268 g/mol. The molecule has 3 nitrogen and oxygen atoms in total. The molecule has 3 heteroatoms. The van der Waals surface area contributed by atoms with E-state index in [4.69, 9.17) is 0 Å². The van der Waals surface area contributed by atoms with Crippen LogP contribution in [0.25, 0.3) is 0 Å². The molecule has 2 aromatic rings. The average Bonchev–Trinajstić information content (AvgIpc) is 2.42. The van der Waals surface area contributed by atoms with Crippen LogP contribution in [0.1, 0.15) is 30.5 Å². The summed E-state index contributed by atoms with van der Waals surface area (Å²) in [7, 11) is 0. The van der Waals surface area contributed by atoms with E-state index in [0.29, 0.717) is 6.42 Å². The molecule has 2 rings (SSSR count). The van der Waals surface area contributed by atoms with Crippen LogP contribution in [0.2, 0.25) is 0 Å². The third kappa shape index (κ3) is 3.44. The van der Waals surface area contributed by atoms with Crippen LogP contribution >= 0.6 is 0 Å². The lowest BCUT2D eigenvalue weighted by Gasteiger charge is -2.27. The number of nitrogens with zero attached hydrogens (tertiary/aromatic N) is 1. The first-order chi connectivity index (χ1) is 9.49. The van der Waals surface area contributed by atoms with E-state index in [2.05, 4.69) is 10.3 Å². The van der Waals surface area contributed by atoms with Crippen molar-refractivity contribution in [3.63, 3.8) is 0 Å². The van der Waals surface area contributed by atoms with Crippen molar-refractivity contribution in [3.8, 4) is 0 Å². The Morgan fingerprint density at radius 1 is 1.15 bits per heavy atom. The highest BCUT2D eigenvalue weighted by molar-refractivity contribution is 5.79. The number of carbonyl (C=O) groups excluding carboxylic acids is 1. The Morgan fingerprint density at radius 3 is 2.45 bits per heavy atom. The zero-order valence-corrected chi connectivity index (χ0v) is 12.2. The number of benzene rings is 1. The molecule has 1 heterocycles. The molecule has 104 valence electrons. The van der Waals surface area contributed by atoms with E-state index in [-0.39, 0.29) is 5.91 Å². The largest absolute Gasteiger partial charge is 0.347 e. The first kappa shape index (κ1) is 14.3. The third-order valence-electron chi connectivity index (χ3n) is 3.47. The number of aromatic nitrogens is 1. The minimum atomic E-state index is -0.400. The second kappa shape index (κ2) is 5.87. The van der Waals surface area contributed by atoms with E-state index in [1.165, 1.54) is 0 Å². The maximum Gasteiger partial charge on any atom is 0.225 e. The number of hydrogen-bond donors (Lipinski definition) is 1. The van der Waals surface area contributed by atoms with Gasteiger partial charge in [0.15, 0.2) is 0 Å². The number of aryl methyl sites for hydroxylation is 1. The molecule has 1 aromatic carbocycles. The Balaban J connectivity index is 2.07. The molecule has 0 bridgehead atoms. The Kier molecular flexibility index (Phi) is 4.18. The van der Waals surface area contributed by atoms with Gasteiger partial charge in [-0.15, -0.1) is 0 Å². The second-order valence-corrected chi connectivity index (χ2v) is 5.51. The highest BCUT2D eigenvalue weighted by atomic mass is 16.1.